The number of fused-ring (bicyclic) bond motifs is 1. The van der Waals surface area contributed by atoms with Crippen LogP contribution in [0.5, 0.6) is 0 Å². The van der Waals surface area contributed by atoms with Gasteiger partial charge >= 0.3 is 0 Å². The molecule has 0 aliphatic rings. The van der Waals surface area contributed by atoms with Gasteiger partial charge in [0.05, 0.1) is 10.2 Å². The topological polar surface area (TPSA) is 58.0 Å². The molecule has 0 aliphatic heterocycles. The number of rotatable bonds is 3. The highest BCUT2D eigenvalue weighted by molar-refractivity contribution is 7.22. The third kappa shape index (κ3) is 2.57. The Morgan fingerprint density at radius 1 is 1.16 bits per heavy atom. The maximum absolute atomic E-state index is 9.31. The summed E-state index contributed by atoms with van der Waals surface area (Å²) in [6, 6.07) is 10.1. The molecule has 2 aromatic heterocycles. The van der Waals surface area contributed by atoms with Crippen LogP contribution in [0.3, 0.4) is 0 Å². The molecule has 0 spiro atoms. The minimum absolute atomic E-state index is 0.597. The predicted molar refractivity (Wildman–Crippen MR) is 78.2 cm³/mol. The summed E-state index contributed by atoms with van der Waals surface area (Å²) in [4.78, 5) is 8.45. The number of anilines is 1. The van der Waals surface area contributed by atoms with E-state index in [2.05, 4.69) is 21.4 Å². The standard InChI is InChI=1S/C14H13N3OS/c1-9(18)16-14-17-12-3-2-11(8-13(12)19-14)10-4-6-15-7-5-10/h2-9,18H,1H3,(H,16,17). The average molecular weight is 271 g/mol. The number of hydrogen-bond donors (Lipinski definition) is 2. The van der Waals surface area contributed by atoms with Gasteiger partial charge in [0.2, 0.25) is 0 Å². The Hall–Kier alpha value is -1.98. The zero-order chi connectivity index (χ0) is 13.2. The lowest BCUT2D eigenvalue weighted by Gasteiger charge is -2.02. The second kappa shape index (κ2) is 4.95. The van der Waals surface area contributed by atoms with Gasteiger partial charge in [0.25, 0.3) is 0 Å². The fourth-order valence-corrected chi connectivity index (χ4v) is 2.87. The van der Waals surface area contributed by atoms with Crippen molar-refractivity contribution in [1.29, 1.82) is 0 Å². The Bertz CT molecular complexity index is 694. The van der Waals surface area contributed by atoms with Gasteiger partial charge in [-0.25, -0.2) is 4.98 Å². The first-order valence-electron chi connectivity index (χ1n) is 5.98. The molecule has 1 unspecified atom stereocenters. The van der Waals surface area contributed by atoms with Crippen molar-refractivity contribution in [3.8, 4) is 11.1 Å². The summed E-state index contributed by atoms with van der Waals surface area (Å²) in [7, 11) is 0. The molecule has 3 aromatic rings. The van der Waals surface area contributed by atoms with Crippen LogP contribution in [-0.2, 0) is 0 Å². The van der Waals surface area contributed by atoms with Gasteiger partial charge in [0.15, 0.2) is 5.13 Å². The number of aromatic nitrogens is 2. The van der Waals surface area contributed by atoms with Gasteiger partial charge in [-0.1, -0.05) is 17.4 Å². The molecule has 0 radical (unpaired) electrons. The van der Waals surface area contributed by atoms with E-state index in [4.69, 9.17) is 0 Å². The van der Waals surface area contributed by atoms with E-state index >= 15 is 0 Å². The fourth-order valence-electron chi connectivity index (χ4n) is 1.89. The van der Waals surface area contributed by atoms with Crippen LogP contribution in [0, 0.1) is 0 Å². The molecule has 1 atom stereocenters. The lowest BCUT2D eigenvalue weighted by atomic mass is 10.1. The summed E-state index contributed by atoms with van der Waals surface area (Å²) in [5, 5.41) is 13.0. The summed E-state index contributed by atoms with van der Waals surface area (Å²) in [6.07, 6.45) is 2.97. The summed E-state index contributed by atoms with van der Waals surface area (Å²) in [5.74, 6) is 0. The maximum atomic E-state index is 9.31. The second-order valence-corrected chi connectivity index (χ2v) is 5.29. The first-order chi connectivity index (χ1) is 9.22. The monoisotopic (exact) mass is 271 g/mol. The molecule has 0 bridgehead atoms. The van der Waals surface area contributed by atoms with E-state index in [0.717, 1.165) is 26.5 Å². The zero-order valence-corrected chi connectivity index (χ0v) is 11.2. The Morgan fingerprint density at radius 2 is 1.95 bits per heavy atom. The van der Waals surface area contributed by atoms with Crippen LogP contribution in [0.4, 0.5) is 5.13 Å². The van der Waals surface area contributed by atoms with Gasteiger partial charge in [-0.05, 0) is 42.3 Å². The minimum atomic E-state index is -0.597. The second-order valence-electron chi connectivity index (χ2n) is 4.26. The molecular weight excluding hydrogens is 258 g/mol. The van der Waals surface area contributed by atoms with E-state index in [1.54, 1.807) is 19.3 Å². The molecule has 0 amide bonds. The van der Waals surface area contributed by atoms with Crippen LogP contribution in [0.1, 0.15) is 6.92 Å². The maximum Gasteiger partial charge on any atom is 0.185 e. The normalized spacial score (nSPS) is 12.5. The molecule has 2 heterocycles. The third-order valence-electron chi connectivity index (χ3n) is 2.73. The predicted octanol–water partition coefficient (Wildman–Crippen LogP) is 3.11. The number of benzene rings is 1. The molecule has 4 nitrogen and oxygen atoms in total. The SMILES string of the molecule is CC(O)Nc1nc2ccc(-c3ccncc3)cc2s1. The number of thiazole rings is 1. The van der Waals surface area contributed by atoms with Crippen LogP contribution >= 0.6 is 11.3 Å². The molecule has 0 saturated heterocycles. The summed E-state index contributed by atoms with van der Waals surface area (Å²) >= 11 is 1.54. The molecule has 5 heteroatoms. The number of nitrogens with one attached hydrogen (secondary N) is 1. The highest BCUT2D eigenvalue weighted by Gasteiger charge is 2.06. The first-order valence-corrected chi connectivity index (χ1v) is 6.79. The summed E-state index contributed by atoms with van der Waals surface area (Å²) in [6.45, 7) is 1.68. The van der Waals surface area contributed by atoms with Crippen LogP contribution in [-0.4, -0.2) is 21.3 Å². The molecule has 0 fully saturated rings. The lowest BCUT2D eigenvalue weighted by molar-refractivity contribution is 0.224. The lowest BCUT2D eigenvalue weighted by Crippen LogP contribution is -2.12. The third-order valence-corrected chi connectivity index (χ3v) is 3.68. The smallest absolute Gasteiger partial charge is 0.185 e. The molecule has 19 heavy (non-hydrogen) atoms. The van der Waals surface area contributed by atoms with Crippen LogP contribution in [0.25, 0.3) is 21.3 Å². The Balaban J connectivity index is 2.01. The highest BCUT2D eigenvalue weighted by atomic mass is 32.1. The van der Waals surface area contributed by atoms with Gasteiger partial charge in [0, 0.05) is 12.4 Å². The van der Waals surface area contributed by atoms with Crippen molar-refractivity contribution >= 4 is 26.7 Å². The largest absolute Gasteiger partial charge is 0.374 e. The van der Waals surface area contributed by atoms with Gasteiger partial charge in [-0.2, -0.15) is 0 Å². The number of aliphatic hydroxyl groups excluding tert-OH is 1. The fraction of sp³-hybridized carbons (Fsp3) is 0.143. The number of aliphatic hydroxyl groups is 1. The molecule has 0 saturated carbocycles. The van der Waals surface area contributed by atoms with E-state index in [1.165, 1.54) is 11.3 Å². The van der Waals surface area contributed by atoms with E-state index in [0.29, 0.717) is 0 Å². The van der Waals surface area contributed by atoms with E-state index in [9.17, 15) is 5.11 Å². The van der Waals surface area contributed by atoms with Gasteiger partial charge < -0.3 is 10.4 Å². The minimum Gasteiger partial charge on any atom is -0.374 e. The van der Waals surface area contributed by atoms with Crippen molar-refractivity contribution in [1.82, 2.24) is 9.97 Å². The molecule has 2 N–H and O–H groups in total. The first kappa shape index (κ1) is 12.1. The molecule has 1 aromatic carbocycles. The Labute approximate surface area is 114 Å². The quantitative estimate of drug-likeness (QED) is 0.719. The molecule has 0 aliphatic carbocycles. The van der Waals surface area contributed by atoms with Crippen LogP contribution in [0.2, 0.25) is 0 Å². The van der Waals surface area contributed by atoms with Crippen molar-refractivity contribution in [2.45, 2.75) is 13.2 Å². The van der Waals surface area contributed by atoms with Crippen molar-refractivity contribution in [3.63, 3.8) is 0 Å². The van der Waals surface area contributed by atoms with Crippen molar-refractivity contribution in [3.05, 3.63) is 42.7 Å². The summed E-state index contributed by atoms with van der Waals surface area (Å²) in [5.41, 5.74) is 3.21. The van der Waals surface area contributed by atoms with E-state index in [1.807, 2.05) is 24.3 Å². The number of hydrogen-bond acceptors (Lipinski definition) is 5. The Morgan fingerprint density at radius 3 is 2.68 bits per heavy atom. The molecular formula is C14H13N3OS. The van der Waals surface area contributed by atoms with Gasteiger partial charge in [-0.3, -0.25) is 4.98 Å². The molecule has 96 valence electrons. The van der Waals surface area contributed by atoms with Crippen LogP contribution in [0.15, 0.2) is 42.7 Å². The van der Waals surface area contributed by atoms with Gasteiger partial charge in [0.1, 0.15) is 6.23 Å². The zero-order valence-electron chi connectivity index (χ0n) is 10.4. The van der Waals surface area contributed by atoms with Gasteiger partial charge in [-0.15, -0.1) is 0 Å². The average Bonchev–Trinajstić information content (AvgIpc) is 2.79. The highest BCUT2D eigenvalue weighted by Crippen LogP contribution is 2.30. The number of nitrogens with zero attached hydrogens (tertiary/aromatic N) is 2. The van der Waals surface area contributed by atoms with E-state index in [-0.39, 0.29) is 0 Å². The van der Waals surface area contributed by atoms with Crippen molar-refractivity contribution in [2.24, 2.45) is 0 Å². The van der Waals surface area contributed by atoms with Crippen LogP contribution < -0.4 is 5.32 Å². The van der Waals surface area contributed by atoms with Crippen molar-refractivity contribution < 1.29 is 5.11 Å². The van der Waals surface area contributed by atoms with E-state index < -0.39 is 6.23 Å². The van der Waals surface area contributed by atoms with Crippen molar-refractivity contribution in [2.75, 3.05) is 5.32 Å². The summed E-state index contributed by atoms with van der Waals surface area (Å²) < 4.78 is 1.09. The molecule has 3 rings (SSSR count). The Kier molecular flexibility index (Phi) is 3.15. The number of pyridine rings is 1.